The number of nitrogen functional groups attached to an aromatic ring is 1. The van der Waals surface area contributed by atoms with Gasteiger partial charge in [-0.2, -0.15) is 0 Å². The van der Waals surface area contributed by atoms with Gasteiger partial charge in [0.05, 0.1) is 5.02 Å². The summed E-state index contributed by atoms with van der Waals surface area (Å²) in [5.74, 6) is 0.863. The zero-order chi connectivity index (χ0) is 11.5. The Morgan fingerprint density at radius 3 is 2.69 bits per heavy atom. The van der Waals surface area contributed by atoms with E-state index in [9.17, 15) is 0 Å². The lowest BCUT2D eigenvalue weighted by atomic mass is 10.3. The van der Waals surface area contributed by atoms with Crippen molar-refractivity contribution in [2.24, 2.45) is 0 Å². The third-order valence-corrected chi connectivity index (χ3v) is 3.14. The fraction of sp³-hybridized carbons (Fsp3) is 0. The summed E-state index contributed by atoms with van der Waals surface area (Å²) in [7, 11) is 0. The number of nitrogens with zero attached hydrogens (tertiary/aromatic N) is 2. The zero-order valence-electron chi connectivity index (χ0n) is 8.11. The molecule has 3 N–H and O–H groups in total. The van der Waals surface area contributed by atoms with Crippen LogP contribution in [0.15, 0.2) is 35.1 Å². The number of nitrogens with one attached hydrogen (secondary N) is 1. The van der Waals surface area contributed by atoms with Crippen LogP contribution in [0.5, 0.6) is 0 Å². The molecule has 0 aliphatic heterocycles. The monoisotopic (exact) mass is 298 g/mol. The molecule has 0 fully saturated rings. The van der Waals surface area contributed by atoms with Crippen molar-refractivity contribution in [1.82, 2.24) is 9.97 Å². The first-order chi connectivity index (χ1) is 7.66. The number of nitrogens with two attached hydrogens (primary N) is 1. The lowest BCUT2D eigenvalue weighted by Gasteiger charge is -2.07. The topological polar surface area (TPSA) is 63.8 Å². The minimum absolute atomic E-state index is 0.349. The molecule has 4 nitrogen and oxygen atoms in total. The molecule has 0 spiro atoms. The van der Waals surface area contributed by atoms with Gasteiger partial charge in [-0.1, -0.05) is 11.6 Å². The standard InChI is InChI=1S/C10H8BrClN4/c11-7-2-1-6(5-8(7)12)16-10-9(13)14-3-4-15-10/h1-5H,(H2,13,14)(H,15,16). The molecule has 1 aromatic heterocycles. The summed E-state index contributed by atoms with van der Waals surface area (Å²) in [5, 5.41) is 3.65. The average molecular weight is 300 g/mol. The SMILES string of the molecule is Nc1nccnc1Nc1ccc(Br)c(Cl)c1. The van der Waals surface area contributed by atoms with Gasteiger partial charge in [-0.05, 0) is 34.1 Å². The van der Waals surface area contributed by atoms with E-state index in [0.29, 0.717) is 16.7 Å². The second-order valence-electron chi connectivity index (χ2n) is 3.04. The Kier molecular flexibility index (Phi) is 3.26. The molecule has 0 radical (unpaired) electrons. The van der Waals surface area contributed by atoms with Crippen molar-refractivity contribution < 1.29 is 0 Å². The van der Waals surface area contributed by atoms with Gasteiger partial charge in [0.2, 0.25) is 0 Å². The van der Waals surface area contributed by atoms with Crippen molar-refractivity contribution in [2.45, 2.75) is 0 Å². The van der Waals surface area contributed by atoms with E-state index in [1.54, 1.807) is 12.3 Å². The summed E-state index contributed by atoms with van der Waals surface area (Å²) < 4.78 is 0.840. The van der Waals surface area contributed by atoms with E-state index >= 15 is 0 Å². The van der Waals surface area contributed by atoms with E-state index in [1.165, 1.54) is 6.20 Å². The van der Waals surface area contributed by atoms with Gasteiger partial charge in [0.25, 0.3) is 0 Å². The second kappa shape index (κ2) is 4.67. The highest BCUT2D eigenvalue weighted by atomic mass is 79.9. The average Bonchev–Trinajstić information content (AvgIpc) is 2.27. The number of hydrogen-bond acceptors (Lipinski definition) is 4. The van der Waals surface area contributed by atoms with Crippen LogP contribution in [0.25, 0.3) is 0 Å². The summed E-state index contributed by atoms with van der Waals surface area (Å²) in [6.45, 7) is 0. The molecule has 0 saturated carbocycles. The molecule has 0 bridgehead atoms. The first kappa shape index (κ1) is 11.2. The quantitative estimate of drug-likeness (QED) is 0.893. The van der Waals surface area contributed by atoms with E-state index < -0.39 is 0 Å². The summed E-state index contributed by atoms with van der Waals surface area (Å²) >= 11 is 9.28. The minimum atomic E-state index is 0.349. The highest BCUT2D eigenvalue weighted by Gasteiger charge is 2.03. The Morgan fingerprint density at radius 1 is 1.25 bits per heavy atom. The van der Waals surface area contributed by atoms with Gasteiger partial charge >= 0.3 is 0 Å². The molecule has 0 saturated heterocycles. The molecule has 1 aromatic carbocycles. The van der Waals surface area contributed by atoms with Crippen LogP contribution >= 0.6 is 27.5 Å². The second-order valence-corrected chi connectivity index (χ2v) is 4.31. The van der Waals surface area contributed by atoms with Crippen LogP contribution in [0.3, 0.4) is 0 Å². The van der Waals surface area contributed by atoms with Crippen LogP contribution < -0.4 is 11.1 Å². The van der Waals surface area contributed by atoms with Gasteiger partial charge in [-0.15, -0.1) is 0 Å². The van der Waals surface area contributed by atoms with E-state index in [0.717, 1.165) is 10.2 Å². The lowest BCUT2D eigenvalue weighted by molar-refractivity contribution is 1.21. The first-order valence-corrected chi connectivity index (χ1v) is 5.62. The number of anilines is 3. The predicted octanol–water partition coefficient (Wildman–Crippen LogP) is 3.22. The minimum Gasteiger partial charge on any atom is -0.381 e. The maximum absolute atomic E-state index is 5.97. The Balaban J connectivity index is 2.28. The number of hydrogen-bond donors (Lipinski definition) is 2. The number of benzene rings is 1. The third kappa shape index (κ3) is 2.43. The largest absolute Gasteiger partial charge is 0.381 e. The molecular formula is C10H8BrClN4. The molecule has 0 aliphatic carbocycles. The number of rotatable bonds is 2. The van der Waals surface area contributed by atoms with Crippen molar-refractivity contribution in [3.8, 4) is 0 Å². The van der Waals surface area contributed by atoms with Crippen molar-refractivity contribution in [3.05, 3.63) is 40.1 Å². The summed E-state index contributed by atoms with van der Waals surface area (Å²) in [6.07, 6.45) is 3.11. The number of aromatic nitrogens is 2. The van der Waals surface area contributed by atoms with E-state index in [4.69, 9.17) is 17.3 Å². The molecule has 0 atom stereocenters. The molecule has 16 heavy (non-hydrogen) atoms. The molecule has 2 aromatic rings. The lowest BCUT2D eigenvalue weighted by Crippen LogP contribution is -2.00. The Labute approximate surface area is 106 Å². The summed E-state index contributed by atoms with van der Waals surface area (Å²) in [4.78, 5) is 8.00. The smallest absolute Gasteiger partial charge is 0.173 e. The maximum Gasteiger partial charge on any atom is 0.173 e. The molecule has 0 aliphatic rings. The van der Waals surface area contributed by atoms with Crippen LogP contribution in [0.4, 0.5) is 17.3 Å². The van der Waals surface area contributed by atoms with Crippen molar-refractivity contribution in [3.63, 3.8) is 0 Å². The van der Waals surface area contributed by atoms with Crippen LogP contribution in [0.1, 0.15) is 0 Å². The molecule has 2 rings (SSSR count). The van der Waals surface area contributed by atoms with Gasteiger partial charge < -0.3 is 11.1 Å². The van der Waals surface area contributed by atoms with E-state index in [2.05, 4.69) is 31.2 Å². The van der Waals surface area contributed by atoms with Crippen molar-refractivity contribution >= 4 is 44.9 Å². The highest BCUT2D eigenvalue weighted by molar-refractivity contribution is 9.10. The van der Waals surface area contributed by atoms with Gasteiger partial charge in [-0.3, -0.25) is 0 Å². The Hall–Kier alpha value is -1.33. The van der Waals surface area contributed by atoms with Crippen LogP contribution in [-0.4, -0.2) is 9.97 Å². The Morgan fingerprint density at radius 2 is 2.00 bits per heavy atom. The van der Waals surface area contributed by atoms with Crippen molar-refractivity contribution in [2.75, 3.05) is 11.1 Å². The molecular weight excluding hydrogens is 291 g/mol. The van der Waals surface area contributed by atoms with Crippen LogP contribution in [-0.2, 0) is 0 Å². The molecule has 0 unspecified atom stereocenters. The highest BCUT2D eigenvalue weighted by Crippen LogP contribution is 2.27. The summed E-state index contributed by atoms with van der Waals surface area (Å²) in [5.41, 5.74) is 6.46. The zero-order valence-corrected chi connectivity index (χ0v) is 10.5. The predicted molar refractivity (Wildman–Crippen MR) is 68.9 cm³/mol. The molecule has 0 amide bonds. The van der Waals surface area contributed by atoms with Crippen molar-refractivity contribution in [1.29, 1.82) is 0 Å². The van der Waals surface area contributed by atoms with E-state index in [-0.39, 0.29) is 0 Å². The number of halogens is 2. The first-order valence-electron chi connectivity index (χ1n) is 4.45. The van der Waals surface area contributed by atoms with E-state index in [1.807, 2.05) is 12.1 Å². The van der Waals surface area contributed by atoms with Gasteiger partial charge in [-0.25, -0.2) is 9.97 Å². The third-order valence-electron chi connectivity index (χ3n) is 1.91. The van der Waals surface area contributed by atoms with Gasteiger partial charge in [0.15, 0.2) is 11.6 Å². The van der Waals surface area contributed by atoms with Gasteiger partial charge in [0, 0.05) is 22.6 Å². The Bertz CT molecular complexity index is 518. The molecule has 6 heteroatoms. The van der Waals surface area contributed by atoms with Gasteiger partial charge in [0.1, 0.15) is 0 Å². The van der Waals surface area contributed by atoms with Crippen LogP contribution in [0, 0.1) is 0 Å². The normalized spacial score (nSPS) is 10.1. The maximum atomic E-state index is 5.97. The molecule has 82 valence electrons. The molecule has 1 heterocycles. The van der Waals surface area contributed by atoms with Crippen LogP contribution in [0.2, 0.25) is 5.02 Å². The fourth-order valence-corrected chi connectivity index (χ4v) is 1.58. The summed E-state index contributed by atoms with van der Waals surface area (Å²) in [6, 6.07) is 5.49. The fourth-order valence-electron chi connectivity index (χ4n) is 1.16.